The van der Waals surface area contributed by atoms with Crippen molar-refractivity contribution in [3.05, 3.63) is 105 Å². The van der Waals surface area contributed by atoms with Gasteiger partial charge < -0.3 is 4.74 Å². The number of carbonyl (C=O) groups is 3. The van der Waals surface area contributed by atoms with Crippen molar-refractivity contribution >= 4 is 35.3 Å². The SMILES string of the molecule is Cc1cccc(N2C(=O)NC(=O)/C(=C\c3ccccc3OCc3cccc([N+](=O)[O-])c3)C2=O)c1. The Morgan fingerprint density at radius 3 is 2.53 bits per heavy atom. The van der Waals surface area contributed by atoms with Crippen LogP contribution in [0.2, 0.25) is 0 Å². The summed E-state index contributed by atoms with van der Waals surface area (Å²) in [5.41, 5.74) is 1.93. The van der Waals surface area contributed by atoms with E-state index in [0.29, 0.717) is 22.6 Å². The lowest BCUT2D eigenvalue weighted by atomic mass is 10.1. The van der Waals surface area contributed by atoms with Gasteiger partial charge in [-0.05, 0) is 42.3 Å². The van der Waals surface area contributed by atoms with Gasteiger partial charge in [0.05, 0.1) is 10.6 Å². The topological polar surface area (TPSA) is 119 Å². The number of ether oxygens (including phenoxy) is 1. The summed E-state index contributed by atoms with van der Waals surface area (Å²) in [5.74, 6) is -1.21. The Hall–Kier alpha value is -4.79. The van der Waals surface area contributed by atoms with Gasteiger partial charge in [0.1, 0.15) is 17.9 Å². The number of rotatable bonds is 6. The fourth-order valence-corrected chi connectivity index (χ4v) is 3.47. The largest absolute Gasteiger partial charge is 0.488 e. The molecule has 3 aromatic carbocycles. The van der Waals surface area contributed by atoms with E-state index in [9.17, 15) is 24.5 Å². The minimum Gasteiger partial charge on any atom is -0.488 e. The minimum absolute atomic E-state index is 0.0376. The summed E-state index contributed by atoms with van der Waals surface area (Å²) in [7, 11) is 0. The first-order chi connectivity index (χ1) is 16.3. The monoisotopic (exact) mass is 457 g/mol. The van der Waals surface area contributed by atoms with Crippen LogP contribution in [-0.2, 0) is 16.2 Å². The first-order valence-corrected chi connectivity index (χ1v) is 10.3. The normalized spacial score (nSPS) is 14.8. The number of imide groups is 2. The van der Waals surface area contributed by atoms with Crippen LogP contribution in [0.4, 0.5) is 16.2 Å². The third-order valence-corrected chi connectivity index (χ3v) is 5.10. The van der Waals surface area contributed by atoms with Crippen LogP contribution in [0.5, 0.6) is 5.75 Å². The number of carbonyl (C=O) groups excluding carboxylic acids is 3. The number of hydrogen-bond donors (Lipinski definition) is 1. The summed E-state index contributed by atoms with van der Waals surface area (Å²) in [5, 5.41) is 13.2. The molecule has 1 aliphatic rings. The molecule has 3 aromatic rings. The van der Waals surface area contributed by atoms with Gasteiger partial charge in [0.25, 0.3) is 17.5 Å². The van der Waals surface area contributed by atoms with Gasteiger partial charge in [-0.2, -0.15) is 0 Å². The van der Waals surface area contributed by atoms with E-state index in [1.54, 1.807) is 54.6 Å². The predicted molar refractivity (Wildman–Crippen MR) is 124 cm³/mol. The molecule has 9 heteroatoms. The zero-order chi connectivity index (χ0) is 24.2. The molecule has 0 unspecified atom stereocenters. The number of nitro benzene ring substituents is 1. The number of amides is 4. The van der Waals surface area contributed by atoms with Gasteiger partial charge in [-0.3, -0.25) is 25.0 Å². The highest BCUT2D eigenvalue weighted by Gasteiger charge is 2.37. The summed E-state index contributed by atoms with van der Waals surface area (Å²) in [6.45, 7) is 1.86. The molecule has 1 heterocycles. The molecular weight excluding hydrogens is 438 g/mol. The number of benzene rings is 3. The van der Waals surface area contributed by atoms with Crippen molar-refractivity contribution in [2.24, 2.45) is 0 Å². The second kappa shape index (κ2) is 9.37. The Labute approximate surface area is 194 Å². The number of nitrogens with zero attached hydrogens (tertiary/aromatic N) is 2. The second-order valence-corrected chi connectivity index (χ2v) is 7.55. The Bertz CT molecular complexity index is 1350. The standard InChI is InChI=1S/C25H19N3O6/c1-16-6-4-9-19(12-16)27-24(30)21(23(29)26-25(27)31)14-18-8-2-3-11-22(18)34-15-17-7-5-10-20(13-17)28(32)33/h2-14H,15H2,1H3,(H,26,29,31)/b21-14+. The number of barbiturate groups is 1. The molecule has 34 heavy (non-hydrogen) atoms. The van der Waals surface area contributed by atoms with Crippen LogP contribution >= 0.6 is 0 Å². The van der Waals surface area contributed by atoms with E-state index in [2.05, 4.69) is 5.32 Å². The number of hydrogen-bond acceptors (Lipinski definition) is 6. The summed E-state index contributed by atoms with van der Waals surface area (Å²) >= 11 is 0. The zero-order valence-electron chi connectivity index (χ0n) is 18.1. The lowest BCUT2D eigenvalue weighted by molar-refractivity contribution is -0.384. The Morgan fingerprint density at radius 1 is 1.00 bits per heavy atom. The number of anilines is 1. The van der Waals surface area contributed by atoms with Crippen LogP contribution in [0.15, 0.2) is 78.4 Å². The maximum absolute atomic E-state index is 13.1. The molecule has 1 fully saturated rings. The van der Waals surface area contributed by atoms with Crippen molar-refractivity contribution in [2.45, 2.75) is 13.5 Å². The fraction of sp³-hybridized carbons (Fsp3) is 0.0800. The molecule has 170 valence electrons. The molecule has 0 atom stereocenters. The highest BCUT2D eigenvalue weighted by Crippen LogP contribution is 2.26. The molecule has 0 bridgehead atoms. The summed E-state index contributed by atoms with van der Waals surface area (Å²) in [4.78, 5) is 49.4. The van der Waals surface area contributed by atoms with E-state index in [4.69, 9.17) is 4.74 Å². The fourth-order valence-electron chi connectivity index (χ4n) is 3.47. The van der Waals surface area contributed by atoms with E-state index in [1.807, 2.05) is 13.0 Å². The predicted octanol–water partition coefficient (Wildman–Crippen LogP) is 4.15. The van der Waals surface area contributed by atoms with Crippen LogP contribution in [0.25, 0.3) is 6.08 Å². The Kier molecular flexibility index (Phi) is 6.18. The number of nitrogens with one attached hydrogen (secondary N) is 1. The second-order valence-electron chi connectivity index (χ2n) is 7.55. The number of aryl methyl sites for hydroxylation is 1. The third-order valence-electron chi connectivity index (χ3n) is 5.10. The van der Waals surface area contributed by atoms with Gasteiger partial charge >= 0.3 is 6.03 Å². The number of non-ortho nitro benzene ring substituents is 1. The Morgan fingerprint density at radius 2 is 1.76 bits per heavy atom. The maximum atomic E-state index is 13.1. The average molecular weight is 457 g/mol. The Balaban J connectivity index is 1.63. The van der Waals surface area contributed by atoms with E-state index in [0.717, 1.165) is 10.5 Å². The smallest absolute Gasteiger partial charge is 0.335 e. The van der Waals surface area contributed by atoms with Gasteiger partial charge in [0, 0.05) is 17.7 Å². The lowest BCUT2D eigenvalue weighted by Gasteiger charge is -2.26. The number of urea groups is 1. The number of para-hydroxylation sites is 1. The molecule has 4 amide bonds. The van der Waals surface area contributed by atoms with E-state index >= 15 is 0 Å². The van der Waals surface area contributed by atoms with Crippen LogP contribution in [0.3, 0.4) is 0 Å². The zero-order valence-corrected chi connectivity index (χ0v) is 18.1. The highest BCUT2D eigenvalue weighted by atomic mass is 16.6. The summed E-state index contributed by atoms with van der Waals surface area (Å²) in [6.07, 6.45) is 1.36. The van der Waals surface area contributed by atoms with Gasteiger partial charge in [0.2, 0.25) is 0 Å². The van der Waals surface area contributed by atoms with Crippen LogP contribution < -0.4 is 15.0 Å². The minimum atomic E-state index is -0.826. The first kappa shape index (κ1) is 22.4. The first-order valence-electron chi connectivity index (χ1n) is 10.3. The van der Waals surface area contributed by atoms with Crippen LogP contribution in [0.1, 0.15) is 16.7 Å². The van der Waals surface area contributed by atoms with E-state index in [-0.39, 0.29) is 17.9 Å². The molecule has 4 rings (SSSR count). The van der Waals surface area contributed by atoms with Crippen LogP contribution in [-0.4, -0.2) is 22.8 Å². The van der Waals surface area contributed by atoms with Crippen molar-refractivity contribution in [3.63, 3.8) is 0 Å². The molecule has 0 aliphatic carbocycles. The molecule has 9 nitrogen and oxygen atoms in total. The van der Waals surface area contributed by atoms with Crippen LogP contribution in [0, 0.1) is 17.0 Å². The van der Waals surface area contributed by atoms with Crippen molar-refractivity contribution in [3.8, 4) is 5.75 Å². The lowest BCUT2D eigenvalue weighted by Crippen LogP contribution is -2.54. The molecule has 0 radical (unpaired) electrons. The third kappa shape index (κ3) is 4.68. The van der Waals surface area contributed by atoms with Gasteiger partial charge in [-0.15, -0.1) is 0 Å². The average Bonchev–Trinajstić information content (AvgIpc) is 2.81. The maximum Gasteiger partial charge on any atom is 0.335 e. The van der Waals surface area contributed by atoms with E-state index in [1.165, 1.54) is 18.2 Å². The van der Waals surface area contributed by atoms with Crippen molar-refractivity contribution in [2.75, 3.05) is 4.90 Å². The highest BCUT2D eigenvalue weighted by molar-refractivity contribution is 6.39. The molecule has 1 aliphatic heterocycles. The number of nitro groups is 1. The quantitative estimate of drug-likeness (QED) is 0.257. The van der Waals surface area contributed by atoms with Gasteiger partial charge in [0.15, 0.2) is 0 Å². The molecule has 0 saturated carbocycles. The van der Waals surface area contributed by atoms with Crippen molar-refractivity contribution in [1.82, 2.24) is 5.32 Å². The molecular formula is C25H19N3O6. The molecule has 1 N–H and O–H groups in total. The summed E-state index contributed by atoms with van der Waals surface area (Å²) < 4.78 is 5.83. The van der Waals surface area contributed by atoms with Gasteiger partial charge in [-0.25, -0.2) is 9.69 Å². The molecule has 0 spiro atoms. The van der Waals surface area contributed by atoms with E-state index < -0.39 is 22.8 Å². The molecule has 0 aromatic heterocycles. The van der Waals surface area contributed by atoms with Crippen molar-refractivity contribution in [1.29, 1.82) is 0 Å². The van der Waals surface area contributed by atoms with Gasteiger partial charge in [-0.1, -0.05) is 42.5 Å². The molecule has 1 saturated heterocycles. The van der Waals surface area contributed by atoms with Crippen molar-refractivity contribution < 1.29 is 24.0 Å². The summed E-state index contributed by atoms with van der Waals surface area (Å²) in [6, 6.07) is 18.8.